The van der Waals surface area contributed by atoms with Crippen molar-refractivity contribution in [3.05, 3.63) is 120 Å². The van der Waals surface area contributed by atoms with Crippen molar-refractivity contribution in [2.24, 2.45) is 11.0 Å². The van der Waals surface area contributed by atoms with Gasteiger partial charge in [0.25, 0.3) is 5.91 Å². The summed E-state index contributed by atoms with van der Waals surface area (Å²) in [6.07, 6.45) is 6.43. The molecule has 0 spiro atoms. The Labute approximate surface area is 244 Å². The maximum absolute atomic E-state index is 13.5. The van der Waals surface area contributed by atoms with Gasteiger partial charge in [-0.2, -0.15) is 5.10 Å². The lowest BCUT2D eigenvalue weighted by atomic mass is 9.76. The van der Waals surface area contributed by atoms with Crippen LogP contribution in [0.4, 0.5) is 15.8 Å². The normalized spacial score (nSPS) is 19.6. The quantitative estimate of drug-likeness (QED) is 0.156. The molecule has 0 aromatic heterocycles. The number of carbonyl (C=O) groups is 1. The van der Waals surface area contributed by atoms with Crippen LogP contribution in [0.3, 0.4) is 0 Å². The summed E-state index contributed by atoms with van der Waals surface area (Å²) in [6, 6.07) is 25.6. The predicted molar refractivity (Wildman–Crippen MR) is 166 cm³/mol. The Bertz CT molecular complexity index is 1830. The molecule has 0 unspecified atom stereocenters. The largest absolute Gasteiger partial charge is 0.378 e. The molecule has 3 atom stereocenters. The first-order valence-corrected chi connectivity index (χ1v) is 15.7. The zero-order valence-corrected chi connectivity index (χ0v) is 24.1. The van der Waals surface area contributed by atoms with Gasteiger partial charge in [0.1, 0.15) is 12.4 Å². The fourth-order valence-corrected chi connectivity index (χ4v) is 6.87. The first-order valence-electron chi connectivity index (χ1n) is 13.8. The van der Waals surface area contributed by atoms with Crippen LogP contribution in [0.15, 0.2) is 102 Å². The van der Waals surface area contributed by atoms with Crippen molar-refractivity contribution in [2.75, 3.05) is 22.4 Å². The Kier molecular flexibility index (Phi) is 7.28. The third kappa shape index (κ3) is 5.39. The second-order valence-electron chi connectivity index (χ2n) is 10.8. The van der Waals surface area contributed by atoms with Crippen LogP contribution >= 0.6 is 0 Å². The summed E-state index contributed by atoms with van der Waals surface area (Å²) in [4.78, 5) is 13.0. The number of amides is 1. The number of allylic oxidation sites excluding steroid dienone is 2. The van der Waals surface area contributed by atoms with Crippen molar-refractivity contribution in [2.45, 2.75) is 25.3 Å². The van der Waals surface area contributed by atoms with Crippen LogP contribution in [0, 0.1) is 11.7 Å². The topological polar surface area (TPSA) is 90.9 Å². The minimum Gasteiger partial charge on any atom is -0.378 e. The van der Waals surface area contributed by atoms with Gasteiger partial charge in [0.2, 0.25) is 10.0 Å². The summed E-state index contributed by atoms with van der Waals surface area (Å²) in [5.41, 5.74) is 7.64. The lowest BCUT2D eigenvalue weighted by Crippen LogP contribution is -2.39. The number of hydrogen-bond donors (Lipinski definition) is 2. The van der Waals surface area contributed by atoms with Crippen molar-refractivity contribution < 1.29 is 17.6 Å². The summed E-state index contributed by atoms with van der Waals surface area (Å²) in [5.74, 6) is -0.303. The maximum Gasteiger partial charge on any atom is 0.260 e. The average molecular weight is 583 g/mol. The van der Waals surface area contributed by atoms with Gasteiger partial charge in [0, 0.05) is 17.0 Å². The number of nitrogens with one attached hydrogen (secondary N) is 2. The molecule has 0 saturated carbocycles. The van der Waals surface area contributed by atoms with E-state index in [0.717, 1.165) is 50.1 Å². The smallest absolute Gasteiger partial charge is 0.260 e. The van der Waals surface area contributed by atoms with Gasteiger partial charge in [-0.3, -0.25) is 9.10 Å². The molecule has 0 radical (unpaired) electrons. The Morgan fingerprint density at radius 2 is 1.81 bits per heavy atom. The van der Waals surface area contributed by atoms with E-state index in [1.54, 1.807) is 19.1 Å². The molecule has 6 rings (SSSR count). The van der Waals surface area contributed by atoms with E-state index in [1.165, 1.54) is 12.1 Å². The molecular formula is C33H31FN4O3S. The molecule has 1 heterocycles. The molecule has 2 aliphatic rings. The fraction of sp³-hybridized carbons (Fsp3) is 0.212. The number of halogens is 1. The number of benzene rings is 4. The van der Waals surface area contributed by atoms with Gasteiger partial charge in [-0.1, -0.05) is 66.7 Å². The SMILES string of the molecule is C/C(=N/NC(=O)CN(c1cccc2ccccc12)S(C)(=O)=O)c1ccc2c(c1)[C@@H]1C=CC[C@@H]1[C@H](c1ccc(F)cc1)N2. The number of rotatable bonds is 7. The van der Waals surface area contributed by atoms with E-state index in [1.807, 2.05) is 54.6 Å². The van der Waals surface area contributed by atoms with Crippen LogP contribution in [-0.2, 0) is 14.8 Å². The molecule has 42 heavy (non-hydrogen) atoms. The molecule has 1 aliphatic heterocycles. The van der Waals surface area contributed by atoms with E-state index in [0.29, 0.717) is 17.3 Å². The highest BCUT2D eigenvalue weighted by Gasteiger charge is 2.38. The minimum atomic E-state index is -3.75. The van der Waals surface area contributed by atoms with Crippen LogP contribution in [0.1, 0.15) is 42.0 Å². The van der Waals surface area contributed by atoms with Gasteiger partial charge in [-0.25, -0.2) is 18.2 Å². The molecule has 214 valence electrons. The molecular weight excluding hydrogens is 551 g/mol. The second-order valence-corrected chi connectivity index (χ2v) is 12.7. The molecule has 0 bridgehead atoms. The first kappa shape index (κ1) is 27.7. The molecule has 1 amide bonds. The Hall–Kier alpha value is -4.50. The fourth-order valence-electron chi connectivity index (χ4n) is 6.00. The van der Waals surface area contributed by atoms with Crippen LogP contribution in [-0.4, -0.2) is 32.8 Å². The third-order valence-electron chi connectivity index (χ3n) is 8.08. The number of sulfonamides is 1. The van der Waals surface area contributed by atoms with Gasteiger partial charge >= 0.3 is 0 Å². The van der Waals surface area contributed by atoms with Gasteiger partial charge in [0.15, 0.2) is 0 Å². The van der Waals surface area contributed by atoms with Gasteiger partial charge in [0.05, 0.1) is 23.7 Å². The van der Waals surface area contributed by atoms with E-state index in [-0.39, 0.29) is 17.8 Å². The number of hydrogen-bond acceptors (Lipinski definition) is 5. The number of hydrazone groups is 1. The molecule has 7 nitrogen and oxygen atoms in total. The minimum absolute atomic E-state index is 0.0672. The van der Waals surface area contributed by atoms with E-state index in [4.69, 9.17) is 0 Å². The summed E-state index contributed by atoms with van der Waals surface area (Å²) in [5, 5.41) is 9.58. The molecule has 4 aromatic rings. The van der Waals surface area contributed by atoms with E-state index in [9.17, 15) is 17.6 Å². The number of nitrogens with zero attached hydrogens (tertiary/aromatic N) is 2. The van der Waals surface area contributed by atoms with E-state index in [2.05, 4.69) is 34.1 Å². The van der Waals surface area contributed by atoms with E-state index >= 15 is 0 Å². The Balaban J connectivity index is 1.21. The number of anilines is 2. The van der Waals surface area contributed by atoms with Gasteiger partial charge < -0.3 is 5.32 Å². The van der Waals surface area contributed by atoms with Crippen molar-refractivity contribution in [3.63, 3.8) is 0 Å². The zero-order valence-electron chi connectivity index (χ0n) is 23.3. The molecule has 2 N–H and O–H groups in total. The highest BCUT2D eigenvalue weighted by molar-refractivity contribution is 7.92. The lowest BCUT2D eigenvalue weighted by molar-refractivity contribution is -0.119. The van der Waals surface area contributed by atoms with Crippen LogP contribution in [0.25, 0.3) is 10.8 Å². The molecule has 4 aromatic carbocycles. The standard InChI is InChI=1S/C33H31FN4O3S/c1-21(36-37-32(39)20-38(42(2,40)41)31-12-5-8-22-7-3-4-9-26(22)31)24-15-18-30-29(19-24)27-10-6-11-28(27)33(35-30)23-13-16-25(34)17-14-23/h3-10,12-19,27-28,33,35H,11,20H2,1-2H3,(H,37,39)/b36-21-/t27-,28+,33+/m1/s1. The maximum atomic E-state index is 13.5. The van der Waals surface area contributed by atoms with Crippen molar-refractivity contribution in [1.82, 2.24) is 5.43 Å². The highest BCUT2D eigenvalue weighted by atomic mass is 32.2. The molecule has 9 heteroatoms. The number of carbonyl (C=O) groups excluding carboxylic acids is 1. The summed E-state index contributed by atoms with van der Waals surface area (Å²) in [6.45, 7) is 1.40. The Morgan fingerprint density at radius 1 is 1.05 bits per heavy atom. The van der Waals surface area contributed by atoms with Crippen LogP contribution in [0.5, 0.6) is 0 Å². The van der Waals surface area contributed by atoms with Crippen molar-refractivity contribution in [3.8, 4) is 0 Å². The summed E-state index contributed by atoms with van der Waals surface area (Å²) in [7, 11) is -3.75. The monoisotopic (exact) mass is 582 g/mol. The second kappa shape index (κ2) is 11.1. The summed E-state index contributed by atoms with van der Waals surface area (Å²) >= 11 is 0. The van der Waals surface area contributed by atoms with Crippen LogP contribution in [0.2, 0.25) is 0 Å². The average Bonchev–Trinajstić information content (AvgIpc) is 3.48. The molecule has 0 fully saturated rings. The summed E-state index contributed by atoms with van der Waals surface area (Å²) < 4.78 is 40.1. The predicted octanol–water partition coefficient (Wildman–Crippen LogP) is 6.11. The van der Waals surface area contributed by atoms with Gasteiger partial charge in [-0.05, 0) is 71.7 Å². The highest BCUT2D eigenvalue weighted by Crippen LogP contribution is 2.50. The zero-order chi connectivity index (χ0) is 29.4. The molecule has 1 aliphatic carbocycles. The third-order valence-corrected chi connectivity index (χ3v) is 9.21. The number of fused-ring (bicyclic) bond motifs is 4. The molecule has 0 saturated heterocycles. The van der Waals surface area contributed by atoms with Crippen molar-refractivity contribution >= 4 is 43.8 Å². The first-order chi connectivity index (χ1) is 20.2. The van der Waals surface area contributed by atoms with Crippen molar-refractivity contribution in [1.29, 1.82) is 0 Å². The lowest BCUT2D eigenvalue weighted by Gasteiger charge is -2.37. The van der Waals surface area contributed by atoms with Gasteiger partial charge in [-0.15, -0.1) is 0 Å². The van der Waals surface area contributed by atoms with Crippen LogP contribution < -0.4 is 15.0 Å². The van der Waals surface area contributed by atoms with E-state index < -0.39 is 22.5 Å². The Morgan fingerprint density at radius 3 is 2.60 bits per heavy atom.